The van der Waals surface area contributed by atoms with Gasteiger partial charge in [-0.3, -0.25) is 4.79 Å². The van der Waals surface area contributed by atoms with Gasteiger partial charge in [0.15, 0.2) is 0 Å². The van der Waals surface area contributed by atoms with E-state index in [4.69, 9.17) is 14.2 Å². The van der Waals surface area contributed by atoms with Gasteiger partial charge in [0.25, 0.3) is 5.91 Å². The van der Waals surface area contributed by atoms with Crippen molar-refractivity contribution in [3.63, 3.8) is 0 Å². The van der Waals surface area contributed by atoms with Gasteiger partial charge in [-0.05, 0) is 39.0 Å². The van der Waals surface area contributed by atoms with Crippen molar-refractivity contribution in [1.29, 1.82) is 0 Å². The minimum atomic E-state index is -0.125. The SMILES string of the molecule is CCOCc1cc(C(=O)N[C@H](C)COC)ccc1OCC. The number of carbonyl (C=O) groups is 1. The van der Waals surface area contributed by atoms with Crippen molar-refractivity contribution >= 4 is 5.91 Å². The molecule has 21 heavy (non-hydrogen) atoms. The highest BCUT2D eigenvalue weighted by Gasteiger charge is 2.13. The second-order valence-electron chi connectivity index (χ2n) is 4.72. The highest BCUT2D eigenvalue weighted by atomic mass is 16.5. The van der Waals surface area contributed by atoms with E-state index in [1.165, 1.54) is 0 Å². The molecule has 1 rings (SSSR count). The smallest absolute Gasteiger partial charge is 0.251 e. The van der Waals surface area contributed by atoms with E-state index < -0.39 is 0 Å². The Hall–Kier alpha value is -1.59. The number of hydrogen-bond donors (Lipinski definition) is 1. The Kier molecular flexibility index (Phi) is 7.79. The molecule has 0 radical (unpaired) electrons. The zero-order chi connectivity index (χ0) is 15.7. The van der Waals surface area contributed by atoms with Gasteiger partial charge in [-0.2, -0.15) is 0 Å². The summed E-state index contributed by atoms with van der Waals surface area (Å²) in [5, 5.41) is 2.89. The molecule has 0 aliphatic rings. The van der Waals surface area contributed by atoms with Crippen molar-refractivity contribution in [3.05, 3.63) is 29.3 Å². The van der Waals surface area contributed by atoms with Gasteiger partial charge in [0.2, 0.25) is 0 Å². The first-order valence-corrected chi connectivity index (χ1v) is 7.25. The Morgan fingerprint density at radius 3 is 2.67 bits per heavy atom. The molecule has 5 nitrogen and oxygen atoms in total. The molecule has 0 bridgehead atoms. The number of nitrogens with one attached hydrogen (secondary N) is 1. The van der Waals surface area contributed by atoms with Crippen LogP contribution in [0, 0.1) is 0 Å². The molecule has 0 heterocycles. The van der Waals surface area contributed by atoms with E-state index >= 15 is 0 Å². The summed E-state index contributed by atoms with van der Waals surface area (Å²) in [5.41, 5.74) is 1.47. The van der Waals surface area contributed by atoms with Gasteiger partial charge in [-0.1, -0.05) is 0 Å². The lowest BCUT2D eigenvalue weighted by atomic mass is 10.1. The van der Waals surface area contributed by atoms with Crippen LogP contribution in [0.5, 0.6) is 5.75 Å². The zero-order valence-corrected chi connectivity index (χ0v) is 13.3. The average molecular weight is 295 g/mol. The first kappa shape index (κ1) is 17.5. The van der Waals surface area contributed by atoms with Crippen LogP contribution in [0.3, 0.4) is 0 Å². The molecule has 1 aromatic carbocycles. The number of carbonyl (C=O) groups excluding carboxylic acids is 1. The van der Waals surface area contributed by atoms with Crippen molar-refractivity contribution in [2.24, 2.45) is 0 Å². The van der Waals surface area contributed by atoms with Gasteiger partial charge in [0.05, 0.1) is 19.8 Å². The Morgan fingerprint density at radius 1 is 1.29 bits per heavy atom. The second kappa shape index (κ2) is 9.37. The largest absolute Gasteiger partial charge is 0.494 e. The number of hydrogen-bond acceptors (Lipinski definition) is 4. The fraction of sp³-hybridized carbons (Fsp3) is 0.562. The zero-order valence-electron chi connectivity index (χ0n) is 13.3. The van der Waals surface area contributed by atoms with Gasteiger partial charge in [-0.25, -0.2) is 0 Å². The molecule has 5 heteroatoms. The number of rotatable bonds is 9. The third kappa shape index (κ3) is 5.73. The Bertz CT molecular complexity index is 448. The fourth-order valence-electron chi connectivity index (χ4n) is 1.94. The third-order valence-corrected chi connectivity index (χ3v) is 2.88. The number of amides is 1. The molecule has 1 amide bonds. The van der Waals surface area contributed by atoms with Crippen molar-refractivity contribution < 1.29 is 19.0 Å². The van der Waals surface area contributed by atoms with Crippen LogP contribution in [0.4, 0.5) is 0 Å². The molecule has 0 aliphatic heterocycles. The second-order valence-corrected chi connectivity index (χ2v) is 4.72. The Morgan fingerprint density at radius 2 is 2.05 bits per heavy atom. The molecular weight excluding hydrogens is 270 g/mol. The quantitative estimate of drug-likeness (QED) is 0.760. The van der Waals surface area contributed by atoms with Gasteiger partial charge >= 0.3 is 0 Å². The van der Waals surface area contributed by atoms with Crippen LogP contribution >= 0.6 is 0 Å². The molecule has 0 aromatic heterocycles. The van der Waals surface area contributed by atoms with Crippen LogP contribution < -0.4 is 10.1 Å². The van der Waals surface area contributed by atoms with Crippen molar-refractivity contribution in [3.8, 4) is 5.75 Å². The third-order valence-electron chi connectivity index (χ3n) is 2.88. The van der Waals surface area contributed by atoms with E-state index in [0.717, 1.165) is 11.3 Å². The monoisotopic (exact) mass is 295 g/mol. The number of methoxy groups -OCH3 is 1. The van der Waals surface area contributed by atoms with Crippen LogP contribution in [0.15, 0.2) is 18.2 Å². The van der Waals surface area contributed by atoms with Crippen molar-refractivity contribution in [2.45, 2.75) is 33.4 Å². The normalized spacial score (nSPS) is 12.0. The van der Waals surface area contributed by atoms with E-state index in [-0.39, 0.29) is 11.9 Å². The maximum atomic E-state index is 12.2. The maximum absolute atomic E-state index is 12.2. The lowest BCUT2D eigenvalue weighted by Crippen LogP contribution is -2.35. The molecule has 0 fully saturated rings. The first-order chi connectivity index (χ1) is 10.1. The molecule has 1 aromatic rings. The van der Waals surface area contributed by atoms with Crippen molar-refractivity contribution in [2.75, 3.05) is 26.9 Å². The molecule has 118 valence electrons. The molecular formula is C16H25NO4. The van der Waals surface area contributed by atoms with Gasteiger partial charge in [0.1, 0.15) is 5.75 Å². The van der Waals surface area contributed by atoms with Crippen LogP contribution in [-0.4, -0.2) is 38.9 Å². The molecule has 1 atom stereocenters. The van der Waals surface area contributed by atoms with E-state index in [1.807, 2.05) is 32.9 Å². The van der Waals surface area contributed by atoms with Gasteiger partial charge in [-0.15, -0.1) is 0 Å². The van der Waals surface area contributed by atoms with Gasteiger partial charge in [0, 0.05) is 30.9 Å². The highest BCUT2D eigenvalue weighted by Crippen LogP contribution is 2.21. The molecule has 0 unspecified atom stereocenters. The Balaban J connectivity index is 2.84. The van der Waals surface area contributed by atoms with Crippen molar-refractivity contribution in [1.82, 2.24) is 5.32 Å². The summed E-state index contributed by atoms with van der Waals surface area (Å²) in [6, 6.07) is 5.35. The predicted molar refractivity (Wildman–Crippen MR) is 81.7 cm³/mol. The summed E-state index contributed by atoms with van der Waals surface area (Å²) in [5.74, 6) is 0.632. The average Bonchev–Trinajstić information content (AvgIpc) is 2.46. The fourth-order valence-corrected chi connectivity index (χ4v) is 1.94. The standard InChI is InChI=1S/C16H25NO4/c1-5-20-11-14-9-13(7-8-15(14)21-6-2)16(18)17-12(3)10-19-4/h7-9,12H,5-6,10-11H2,1-4H3,(H,17,18)/t12-/m1/s1. The summed E-state index contributed by atoms with van der Waals surface area (Å²) >= 11 is 0. The first-order valence-electron chi connectivity index (χ1n) is 7.25. The summed E-state index contributed by atoms with van der Waals surface area (Å²) in [6.45, 7) is 7.87. The number of ether oxygens (including phenoxy) is 3. The molecule has 0 aliphatic carbocycles. The van der Waals surface area contributed by atoms with E-state index in [2.05, 4.69) is 5.32 Å². The van der Waals surface area contributed by atoms with E-state index in [9.17, 15) is 4.79 Å². The van der Waals surface area contributed by atoms with Gasteiger partial charge < -0.3 is 19.5 Å². The molecule has 0 spiro atoms. The summed E-state index contributed by atoms with van der Waals surface area (Å²) in [7, 11) is 1.61. The van der Waals surface area contributed by atoms with Crippen LogP contribution in [-0.2, 0) is 16.1 Å². The summed E-state index contributed by atoms with van der Waals surface area (Å²) < 4.78 is 16.0. The Labute approximate surface area is 126 Å². The summed E-state index contributed by atoms with van der Waals surface area (Å²) in [4.78, 5) is 12.2. The van der Waals surface area contributed by atoms with Crippen LogP contribution in [0.25, 0.3) is 0 Å². The van der Waals surface area contributed by atoms with Crippen LogP contribution in [0.1, 0.15) is 36.7 Å². The highest BCUT2D eigenvalue weighted by molar-refractivity contribution is 5.94. The van der Waals surface area contributed by atoms with Crippen LogP contribution in [0.2, 0.25) is 0 Å². The lowest BCUT2D eigenvalue weighted by Gasteiger charge is -2.15. The summed E-state index contributed by atoms with van der Waals surface area (Å²) in [6.07, 6.45) is 0. The van der Waals surface area contributed by atoms with E-state index in [0.29, 0.717) is 32.0 Å². The minimum Gasteiger partial charge on any atom is -0.494 e. The topological polar surface area (TPSA) is 56.8 Å². The molecule has 0 saturated heterocycles. The molecule has 0 saturated carbocycles. The minimum absolute atomic E-state index is 0.0376. The molecule has 1 N–H and O–H groups in total. The number of benzene rings is 1. The predicted octanol–water partition coefficient (Wildman–Crippen LogP) is 2.39. The van der Waals surface area contributed by atoms with E-state index in [1.54, 1.807) is 13.2 Å². The lowest BCUT2D eigenvalue weighted by molar-refractivity contribution is 0.0905. The maximum Gasteiger partial charge on any atom is 0.251 e.